The fourth-order valence-corrected chi connectivity index (χ4v) is 4.06. The maximum atomic E-state index is 6.26. The predicted octanol–water partition coefficient (Wildman–Crippen LogP) is 5.72. The van der Waals surface area contributed by atoms with E-state index in [9.17, 15) is 0 Å². The zero-order chi connectivity index (χ0) is 19.6. The largest absolute Gasteiger partial charge is 0.444 e. The summed E-state index contributed by atoms with van der Waals surface area (Å²) in [5.41, 5.74) is 2.60. The first-order valence-electron chi connectivity index (χ1n) is 9.51. The summed E-state index contributed by atoms with van der Waals surface area (Å²) in [6.45, 7) is 1.98. The molecule has 0 radical (unpaired) electrons. The maximum Gasteiger partial charge on any atom is 0.210 e. The molecule has 1 saturated carbocycles. The lowest BCUT2D eigenvalue weighted by molar-refractivity contribution is 0.496. The lowest BCUT2D eigenvalue weighted by Gasteiger charge is -2.08. The Morgan fingerprint density at radius 2 is 1.86 bits per heavy atom. The first-order chi connectivity index (χ1) is 14.2. The molecule has 1 fully saturated rings. The summed E-state index contributed by atoms with van der Waals surface area (Å²) in [7, 11) is 0. The molecule has 0 amide bonds. The van der Waals surface area contributed by atoms with Gasteiger partial charge in [-0.2, -0.15) is 0 Å². The molecular formula is C22H19N5OS. The van der Waals surface area contributed by atoms with E-state index in [2.05, 4.69) is 20.3 Å². The average Bonchev–Trinajstić information content (AvgIpc) is 3.50. The van der Waals surface area contributed by atoms with Crippen LogP contribution in [0.3, 0.4) is 0 Å². The number of ether oxygens (including phenoxy) is 1. The number of aromatic nitrogens is 4. The summed E-state index contributed by atoms with van der Waals surface area (Å²) < 4.78 is 6.26. The van der Waals surface area contributed by atoms with Crippen molar-refractivity contribution in [2.24, 2.45) is 0 Å². The second-order valence-electron chi connectivity index (χ2n) is 6.95. The van der Waals surface area contributed by atoms with Gasteiger partial charge in [0.15, 0.2) is 0 Å². The molecule has 0 spiro atoms. The van der Waals surface area contributed by atoms with Crippen LogP contribution in [0.2, 0.25) is 0 Å². The Hall–Kier alpha value is -3.32. The first-order valence-corrected chi connectivity index (χ1v) is 10.3. The molecule has 1 N–H and O–H groups in total. The first kappa shape index (κ1) is 17.8. The smallest absolute Gasteiger partial charge is 0.210 e. The molecule has 4 aromatic heterocycles. The van der Waals surface area contributed by atoms with Crippen LogP contribution in [-0.4, -0.2) is 19.9 Å². The van der Waals surface area contributed by atoms with E-state index in [0.717, 1.165) is 33.0 Å². The normalized spacial score (nSPS) is 13.3. The van der Waals surface area contributed by atoms with Gasteiger partial charge in [0.25, 0.3) is 0 Å². The Kier molecular flexibility index (Phi) is 4.65. The van der Waals surface area contributed by atoms with Gasteiger partial charge in [-0.3, -0.25) is 4.98 Å². The third kappa shape index (κ3) is 4.09. The molecule has 4 heterocycles. The minimum absolute atomic E-state index is 0.555. The van der Waals surface area contributed by atoms with E-state index in [4.69, 9.17) is 9.72 Å². The SMILES string of the molecule is Cc1cccc(-c2nc(C3CC3)sc2Oc2ccnc(Nc3ccccn3)c2)n1. The number of hydrogen-bond donors (Lipinski definition) is 1. The van der Waals surface area contributed by atoms with Crippen molar-refractivity contribution in [1.82, 2.24) is 19.9 Å². The molecule has 0 aliphatic heterocycles. The van der Waals surface area contributed by atoms with Crippen LogP contribution in [0.5, 0.6) is 10.8 Å². The van der Waals surface area contributed by atoms with Crippen molar-refractivity contribution in [2.45, 2.75) is 25.7 Å². The molecule has 0 saturated heterocycles. The van der Waals surface area contributed by atoms with E-state index in [1.165, 1.54) is 12.8 Å². The van der Waals surface area contributed by atoms with E-state index in [1.807, 2.05) is 55.5 Å². The molecule has 1 aliphatic carbocycles. The highest BCUT2D eigenvalue weighted by atomic mass is 32.1. The van der Waals surface area contributed by atoms with Gasteiger partial charge in [0, 0.05) is 30.1 Å². The number of nitrogens with zero attached hydrogens (tertiary/aromatic N) is 4. The van der Waals surface area contributed by atoms with Gasteiger partial charge in [-0.15, -0.1) is 0 Å². The molecule has 7 heteroatoms. The topological polar surface area (TPSA) is 72.8 Å². The Balaban J connectivity index is 1.45. The number of aryl methyl sites for hydroxylation is 1. The fourth-order valence-electron chi connectivity index (χ4n) is 2.95. The van der Waals surface area contributed by atoms with E-state index in [0.29, 0.717) is 17.5 Å². The second kappa shape index (κ2) is 7.60. The van der Waals surface area contributed by atoms with E-state index in [1.54, 1.807) is 23.7 Å². The summed E-state index contributed by atoms with van der Waals surface area (Å²) in [6, 6.07) is 15.4. The van der Waals surface area contributed by atoms with Gasteiger partial charge in [0.2, 0.25) is 5.06 Å². The van der Waals surface area contributed by atoms with Crippen molar-refractivity contribution in [3.63, 3.8) is 0 Å². The lowest BCUT2D eigenvalue weighted by atomic mass is 10.2. The Morgan fingerprint density at radius 1 is 0.966 bits per heavy atom. The summed E-state index contributed by atoms with van der Waals surface area (Å²) in [5, 5.41) is 5.08. The number of anilines is 2. The van der Waals surface area contributed by atoms with Crippen molar-refractivity contribution in [1.29, 1.82) is 0 Å². The van der Waals surface area contributed by atoms with Gasteiger partial charge in [0.1, 0.15) is 28.1 Å². The number of rotatable bonds is 6. The van der Waals surface area contributed by atoms with Gasteiger partial charge in [-0.05, 0) is 50.1 Å². The fraction of sp³-hybridized carbons (Fsp3) is 0.182. The van der Waals surface area contributed by atoms with Crippen LogP contribution >= 0.6 is 11.3 Å². The van der Waals surface area contributed by atoms with Crippen molar-refractivity contribution in [3.8, 4) is 22.2 Å². The van der Waals surface area contributed by atoms with Crippen molar-refractivity contribution in [3.05, 3.63) is 71.6 Å². The zero-order valence-electron chi connectivity index (χ0n) is 15.9. The van der Waals surface area contributed by atoms with Crippen LogP contribution in [0, 0.1) is 6.92 Å². The van der Waals surface area contributed by atoms with Crippen molar-refractivity contribution in [2.75, 3.05) is 5.32 Å². The van der Waals surface area contributed by atoms with Gasteiger partial charge in [0.05, 0.1) is 5.69 Å². The van der Waals surface area contributed by atoms with Crippen LogP contribution in [0.25, 0.3) is 11.4 Å². The Bertz CT molecular complexity index is 1140. The maximum absolute atomic E-state index is 6.26. The number of nitrogens with one attached hydrogen (secondary N) is 1. The molecule has 5 rings (SSSR count). The molecule has 29 heavy (non-hydrogen) atoms. The van der Waals surface area contributed by atoms with Gasteiger partial charge < -0.3 is 10.1 Å². The van der Waals surface area contributed by atoms with Gasteiger partial charge in [-0.1, -0.05) is 23.5 Å². The molecule has 0 aromatic carbocycles. The van der Waals surface area contributed by atoms with Crippen molar-refractivity contribution >= 4 is 23.0 Å². The monoisotopic (exact) mass is 401 g/mol. The number of pyridine rings is 3. The molecule has 0 atom stereocenters. The molecule has 1 aliphatic rings. The molecular weight excluding hydrogens is 382 g/mol. The zero-order valence-corrected chi connectivity index (χ0v) is 16.7. The molecule has 4 aromatic rings. The van der Waals surface area contributed by atoms with Gasteiger partial charge in [-0.25, -0.2) is 15.0 Å². The standard InChI is InChI=1S/C22H19N5OS/c1-14-5-4-6-17(25-14)20-22(29-21(27-20)15-8-9-15)28-16-10-12-24-19(13-16)26-18-7-2-3-11-23-18/h2-7,10-13,15H,8-9H2,1H3,(H,23,24,26). The lowest BCUT2D eigenvalue weighted by Crippen LogP contribution is -1.96. The highest BCUT2D eigenvalue weighted by Gasteiger charge is 2.29. The van der Waals surface area contributed by atoms with Crippen LogP contribution in [-0.2, 0) is 0 Å². The van der Waals surface area contributed by atoms with Crippen LogP contribution < -0.4 is 10.1 Å². The highest BCUT2D eigenvalue weighted by molar-refractivity contribution is 7.14. The summed E-state index contributed by atoms with van der Waals surface area (Å²) in [6.07, 6.45) is 5.84. The number of hydrogen-bond acceptors (Lipinski definition) is 7. The third-order valence-corrected chi connectivity index (χ3v) is 5.63. The minimum atomic E-state index is 0.555. The highest BCUT2D eigenvalue weighted by Crippen LogP contribution is 2.47. The minimum Gasteiger partial charge on any atom is -0.444 e. The van der Waals surface area contributed by atoms with Crippen LogP contribution in [0.4, 0.5) is 11.6 Å². The number of thiazole rings is 1. The second-order valence-corrected chi connectivity index (χ2v) is 7.94. The van der Waals surface area contributed by atoms with Gasteiger partial charge >= 0.3 is 0 Å². The Morgan fingerprint density at radius 3 is 2.66 bits per heavy atom. The molecule has 0 bridgehead atoms. The Labute approximate surface area is 172 Å². The summed E-state index contributed by atoms with van der Waals surface area (Å²) in [4.78, 5) is 18.1. The average molecular weight is 401 g/mol. The van der Waals surface area contributed by atoms with Crippen LogP contribution in [0.1, 0.15) is 29.5 Å². The molecule has 144 valence electrons. The summed E-state index contributed by atoms with van der Waals surface area (Å²) in [5.74, 6) is 2.65. The molecule has 6 nitrogen and oxygen atoms in total. The quantitative estimate of drug-likeness (QED) is 0.446. The van der Waals surface area contributed by atoms with E-state index in [-0.39, 0.29) is 0 Å². The predicted molar refractivity (Wildman–Crippen MR) is 114 cm³/mol. The third-order valence-electron chi connectivity index (χ3n) is 4.53. The van der Waals surface area contributed by atoms with E-state index < -0.39 is 0 Å². The molecule has 0 unspecified atom stereocenters. The van der Waals surface area contributed by atoms with Crippen LogP contribution in [0.15, 0.2) is 60.9 Å². The summed E-state index contributed by atoms with van der Waals surface area (Å²) >= 11 is 1.61. The van der Waals surface area contributed by atoms with E-state index >= 15 is 0 Å². The van der Waals surface area contributed by atoms with Crippen molar-refractivity contribution < 1.29 is 4.74 Å².